The Morgan fingerprint density at radius 1 is 1.15 bits per heavy atom. The van der Waals surface area contributed by atoms with Crippen LogP contribution in [0.25, 0.3) is 11.4 Å². The second-order valence-electron chi connectivity index (χ2n) is 6.30. The Hall–Kier alpha value is -1.79. The zero-order valence-corrected chi connectivity index (χ0v) is 16.3. The SMILES string of the molecule is C=CCn1c(SCC(=O)N2CCCCCC2)nnc1-c1ccc(Cl)cc1. The summed E-state index contributed by atoms with van der Waals surface area (Å²) in [5.74, 6) is 1.32. The maximum absolute atomic E-state index is 12.5. The van der Waals surface area contributed by atoms with Crippen molar-refractivity contribution < 1.29 is 4.79 Å². The van der Waals surface area contributed by atoms with E-state index in [0.29, 0.717) is 17.3 Å². The van der Waals surface area contributed by atoms with E-state index in [-0.39, 0.29) is 5.91 Å². The number of aromatic nitrogens is 3. The molecule has 3 rings (SSSR count). The third-order valence-corrected chi connectivity index (χ3v) is 5.62. The van der Waals surface area contributed by atoms with Crippen LogP contribution in [0.3, 0.4) is 0 Å². The van der Waals surface area contributed by atoms with Crippen LogP contribution in [-0.4, -0.2) is 44.4 Å². The number of thioether (sulfide) groups is 1. The molecule has 0 N–H and O–H groups in total. The summed E-state index contributed by atoms with van der Waals surface area (Å²) in [6, 6.07) is 7.50. The van der Waals surface area contributed by atoms with Crippen molar-refractivity contribution >= 4 is 29.3 Å². The highest BCUT2D eigenvalue weighted by molar-refractivity contribution is 7.99. The molecule has 7 heteroatoms. The molecule has 1 fully saturated rings. The Balaban J connectivity index is 1.72. The predicted octanol–water partition coefficient (Wildman–Crippen LogP) is 4.28. The summed E-state index contributed by atoms with van der Waals surface area (Å²) in [6.07, 6.45) is 6.45. The summed E-state index contributed by atoms with van der Waals surface area (Å²) in [5, 5.41) is 10.0. The average Bonchev–Trinajstić information content (AvgIpc) is 2.86. The normalized spacial score (nSPS) is 14.9. The molecule has 2 aromatic rings. The van der Waals surface area contributed by atoms with Gasteiger partial charge in [-0.05, 0) is 37.1 Å². The first kappa shape index (κ1) is 19.0. The van der Waals surface area contributed by atoms with E-state index in [1.807, 2.05) is 39.8 Å². The number of hydrogen-bond donors (Lipinski definition) is 0. The van der Waals surface area contributed by atoms with Crippen molar-refractivity contribution in [2.75, 3.05) is 18.8 Å². The van der Waals surface area contributed by atoms with E-state index in [4.69, 9.17) is 11.6 Å². The molecule has 1 aliphatic rings. The minimum atomic E-state index is 0.179. The van der Waals surface area contributed by atoms with Gasteiger partial charge >= 0.3 is 0 Å². The molecule has 0 radical (unpaired) electrons. The molecule has 0 aliphatic carbocycles. The fraction of sp³-hybridized carbons (Fsp3) is 0.421. The van der Waals surface area contributed by atoms with E-state index < -0.39 is 0 Å². The first-order chi connectivity index (χ1) is 12.7. The summed E-state index contributed by atoms with van der Waals surface area (Å²) in [5.41, 5.74) is 0.939. The number of nitrogens with zero attached hydrogens (tertiary/aromatic N) is 4. The van der Waals surface area contributed by atoms with Gasteiger partial charge in [-0.25, -0.2) is 0 Å². The lowest BCUT2D eigenvalue weighted by molar-refractivity contribution is -0.128. The van der Waals surface area contributed by atoms with Crippen LogP contribution < -0.4 is 0 Å². The number of hydrogen-bond acceptors (Lipinski definition) is 4. The van der Waals surface area contributed by atoms with E-state index in [0.717, 1.165) is 42.5 Å². The van der Waals surface area contributed by atoms with E-state index in [9.17, 15) is 4.79 Å². The Bertz CT molecular complexity index is 751. The second-order valence-corrected chi connectivity index (χ2v) is 7.67. The van der Waals surface area contributed by atoms with Crippen LogP contribution in [0.1, 0.15) is 25.7 Å². The molecule has 1 saturated heterocycles. The molecule has 1 amide bonds. The van der Waals surface area contributed by atoms with Crippen LogP contribution in [-0.2, 0) is 11.3 Å². The molecule has 26 heavy (non-hydrogen) atoms. The van der Waals surface area contributed by atoms with E-state index in [1.54, 1.807) is 0 Å². The second kappa shape index (κ2) is 9.24. The molecule has 1 aromatic carbocycles. The standard InChI is InChI=1S/C19H23ClN4OS/c1-2-11-24-18(15-7-9-16(20)10-8-15)21-22-19(24)26-14-17(25)23-12-5-3-4-6-13-23/h2,7-10H,1,3-6,11-14H2. The molecule has 138 valence electrons. The Kier molecular flexibility index (Phi) is 6.74. The highest BCUT2D eigenvalue weighted by Crippen LogP contribution is 2.25. The zero-order valence-electron chi connectivity index (χ0n) is 14.7. The highest BCUT2D eigenvalue weighted by Gasteiger charge is 2.19. The van der Waals surface area contributed by atoms with Crippen molar-refractivity contribution in [2.24, 2.45) is 0 Å². The number of carbonyl (C=O) groups excluding carboxylic acids is 1. The molecule has 2 heterocycles. The van der Waals surface area contributed by atoms with Crippen LogP contribution in [0, 0.1) is 0 Å². The maximum Gasteiger partial charge on any atom is 0.233 e. The quantitative estimate of drug-likeness (QED) is 0.545. The molecule has 0 saturated carbocycles. The van der Waals surface area contributed by atoms with Gasteiger partial charge in [-0.3, -0.25) is 9.36 Å². The molecule has 0 unspecified atom stereocenters. The van der Waals surface area contributed by atoms with Gasteiger partial charge in [0.25, 0.3) is 0 Å². The van der Waals surface area contributed by atoms with Gasteiger partial charge in [0.2, 0.25) is 5.91 Å². The predicted molar refractivity (Wildman–Crippen MR) is 106 cm³/mol. The number of allylic oxidation sites excluding steroid dienone is 1. The molecular formula is C19H23ClN4OS. The number of rotatable bonds is 6. The number of benzene rings is 1. The largest absolute Gasteiger partial charge is 0.342 e. The maximum atomic E-state index is 12.5. The van der Waals surface area contributed by atoms with Gasteiger partial charge in [0.1, 0.15) is 0 Å². The van der Waals surface area contributed by atoms with Crippen LogP contribution in [0.5, 0.6) is 0 Å². The van der Waals surface area contributed by atoms with Gasteiger partial charge in [0, 0.05) is 30.2 Å². The third kappa shape index (κ3) is 4.68. The molecule has 5 nitrogen and oxygen atoms in total. The molecule has 1 aromatic heterocycles. The lowest BCUT2D eigenvalue weighted by Gasteiger charge is -2.19. The van der Waals surface area contributed by atoms with Crippen LogP contribution in [0.4, 0.5) is 0 Å². The van der Waals surface area contributed by atoms with Crippen molar-refractivity contribution in [3.05, 3.63) is 41.9 Å². The molecule has 0 bridgehead atoms. The average molecular weight is 391 g/mol. The lowest BCUT2D eigenvalue weighted by atomic mass is 10.2. The van der Waals surface area contributed by atoms with E-state index in [2.05, 4.69) is 16.8 Å². The monoisotopic (exact) mass is 390 g/mol. The molecular weight excluding hydrogens is 368 g/mol. The Morgan fingerprint density at radius 2 is 1.85 bits per heavy atom. The van der Waals surface area contributed by atoms with Crippen molar-refractivity contribution in [2.45, 2.75) is 37.4 Å². The van der Waals surface area contributed by atoms with Gasteiger partial charge in [-0.15, -0.1) is 16.8 Å². The van der Waals surface area contributed by atoms with Crippen molar-refractivity contribution in [1.82, 2.24) is 19.7 Å². The van der Waals surface area contributed by atoms with Gasteiger partial charge in [-0.2, -0.15) is 0 Å². The van der Waals surface area contributed by atoms with Crippen molar-refractivity contribution in [3.8, 4) is 11.4 Å². The summed E-state index contributed by atoms with van der Waals surface area (Å²) >= 11 is 7.41. The zero-order chi connectivity index (χ0) is 18.4. The minimum absolute atomic E-state index is 0.179. The number of likely N-dealkylation sites (tertiary alicyclic amines) is 1. The van der Waals surface area contributed by atoms with Crippen molar-refractivity contribution in [3.63, 3.8) is 0 Å². The first-order valence-corrected chi connectivity index (χ1v) is 10.3. The summed E-state index contributed by atoms with van der Waals surface area (Å²) in [6.45, 7) is 6.15. The lowest BCUT2D eigenvalue weighted by Crippen LogP contribution is -2.33. The van der Waals surface area contributed by atoms with Gasteiger partial charge in [-0.1, -0.05) is 42.3 Å². The summed E-state index contributed by atoms with van der Waals surface area (Å²) in [7, 11) is 0. The molecule has 1 aliphatic heterocycles. The van der Waals surface area contributed by atoms with Crippen LogP contribution >= 0.6 is 23.4 Å². The fourth-order valence-electron chi connectivity index (χ4n) is 3.04. The Labute approximate surface area is 163 Å². The van der Waals surface area contributed by atoms with Gasteiger partial charge in [0.05, 0.1) is 5.75 Å². The van der Waals surface area contributed by atoms with Crippen LogP contribution in [0.15, 0.2) is 42.1 Å². The highest BCUT2D eigenvalue weighted by atomic mass is 35.5. The smallest absolute Gasteiger partial charge is 0.233 e. The van der Waals surface area contributed by atoms with Gasteiger partial charge < -0.3 is 4.90 Å². The Morgan fingerprint density at radius 3 is 2.50 bits per heavy atom. The van der Waals surface area contributed by atoms with Crippen LogP contribution in [0.2, 0.25) is 5.02 Å². The number of carbonyl (C=O) groups is 1. The van der Waals surface area contributed by atoms with Crippen molar-refractivity contribution in [1.29, 1.82) is 0 Å². The third-order valence-electron chi connectivity index (χ3n) is 4.41. The summed E-state index contributed by atoms with van der Waals surface area (Å²) in [4.78, 5) is 14.5. The summed E-state index contributed by atoms with van der Waals surface area (Å²) < 4.78 is 1.98. The number of amides is 1. The van der Waals surface area contributed by atoms with E-state index >= 15 is 0 Å². The number of halogens is 1. The van der Waals surface area contributed by atoms with Gasteiger partial charge in [0.15, 0.2) is 11.0 Å². The minimum Gasteiger partial charge on any atom is -0.342 e. The molecule has 0 spiro atoms. The topological polar surface area (TPSA) is 51.0 Å². The van der Waals surface area contributed by atoms with E-state index in [1.165, 1.54) is 24.6 Å². The fourth-order valence-corrected chi connectivity index (χ4v) is 4.02. The molecule has 0 atom stereocenters. The first-order valence-electron chi connectivity index (χ1n) is 8.89.